The van der Waals surface area contributed by atoms with E-state index in [0.29, 0.717) is 16.0 Å². The maximum Gasteiger partial charge on any atom is 0.347 e. The maximum absolute atomic E-state index is 12.5. The molecule has 2 unspecified atom stereocenters. The molecule has 5 nitrogen and oxygen atoms in total. The zero-order chi connectivity index (χ0) is 14.5. The molecule has 1 aromatic carbocycles. The summed E-state index contributed by atoms with van der Waals surface area (Å²) in [4.78, 5) is 11.1. The van der Waals surface area contributed by atoms with E-state index < -0.39 is 16.0 Å². The lowest BCUT2D eigenvalue weighted by Gasteiger charge is -2.06. The van der Waals surface area contributed by atoms with Crippen molar-refractivity contribution in [1.82, 2.24) is 4.72 Å². The first kappa shape index (κ1) is 13.5. The number of aromatic carboxylic acids is 1. The zero-order valence-corrected chi connectivity index (χ0v) is 12.3. The number of benzene rings is 1. The molecule has 106 valence electrons. The lowest BCUT2D eigenvalue weighted by atomic mass is 10.2. The molecular weight excluding hydrogens is 298 g/mol. The van der Waals surface area contributed by atoms with E-state index in [1.807, 2.05) is 6.92 Å². The van der Waals surface area contributed by atoms with Gasteiger partial charge in [0.25, 0.3) is 0 Å². The van der Waals surface area contributed by atoms with Crippen LogP contribution >= 0.6 is 11.3 Å². The van der Waals surface area contributed by atoms with Gasteiger partial charge in [-0.05, 0) is 18.4 Å². The van der Waals surface area contributed by atoms with Crippen LogP contribution in [0.5, 0.6) is 0 Å². The Labute approximate surface area is 120 Å². The molecule has 2 atom stereocenters. The fourth-order valence-electron chi connectivity index (χ4n) is 2.17. The van der Waals surface area contributed by atoms with E-state index in [1.54, 1.807) is 24.3 Å². The molecule has 1 saturated carbocycles. The summed E-state index contributed by atoms with van der Waals surface area (Å²) in [6, 6.07) is 6.76. The van der Waals surface area contributed by atoms with Crippen molar-refractivity contribution in [3.63, 3.8) is 0 Å². The summed E-state index contributed by atoms with van der Waals surface area (Å²) >= 11 is 0.988. The van der Waals surface area contributed by atoms with E-state index >= 15 is 0 Å². The molecule has 3 rings (SSSR count). The molecule has 1 aliphatic carbocycles. The van der Waals surface area contributed by atoms with Gasteiger partial charge in [0, 0.05) is 16.1 Å². The fourth-order valence-corrected chi connectivity index (χ4v) is 5.27. The quantitative estimate of drug-likeness (QED) is 0.907. The van der Waals surface area contributed by atoms with Crippen LogP contribution in [0, 0.1) is 5.92 Å². The number of carboxylic acids is 1. The molecule has 1 fully saturated rings. The third-order valence-electron chi connectivity index (χ3n) is 3.43. The standard InChI is InChI=1S/C13H13NO4S2/c1-7-6-9(7)14-20(17,18)12-8-4-2-3-5-10(8)19-11(12)13(15)16/h2-5,7,9,14H,6H2,1H3,(H,15,16). The smallest absolute Gasteiger partial charge is 0.347 e. The second-order valence-electron chi connectivity index (χ2n) is 5.00. The molecule has 0 bridgehead atoms. The van der Waals surface area contributed by atoms with Crippen LogP contribution in [-0.2, 0) is 10.0 Å². The first-order valence-corrected chi connectivity index (χ1v) is 8.47. The van der Waals surface area contributed by atoms with Crippen LogP contribution in [-0.4, -0.2) is 25.5 Å². The maximum atomic E-state index is 12.5. The molecule has 0 aliphatic heterocycles. The largest absolute Gasteiger partial charge is 0.477 e. The topological polar surface area (TPSA) is 83.5 Å². The highest BCUT2D eigenvalue weighted by molar-refractivity contribution is 7.90. The highest BCUT2D eigenvalue weighted by Crippen LogP contribution is 2.37. The molecule has 1 aromatic heterocycles. The van der Waals surface area contributed by atoms with E-state index in [0.717, 1.165) is 17.8 Å². The molecule has 0 spiro atoms. The summed E-state index contributed by atoms with van der Waals surface area (Å²) in [5.74, 6) is -0.904. The summed E-state index contributed by atoms with van der Waals surface area (Å²) in [6.07, 6.45) is 0.795. The van der Waals surface area contributed by atoms with Crippen molar-refractivity contribution in [3.05, 3.63) is 29.1 Å². The molecule has 2 N–H and O–H groups in total. The fraction of sp³-hybridized carbons (Fsp3) is 0.308. The number of carbonyl (C=O) groups is 1. The monoisotopic (exact) mass is 311 g/mol. The summed E-state index contributed by atoms with van der Waals surface area (Å²) in [6.45, 7) is 1.96. The van der Waals surface area contributed by atoms with Gasteiger partial charge in [0.1, 0.15) is 9.77 Å². The number of thiophene rings is 1. The second kappa shape index (κ2) is 4.54. The Morgan fingerprint density at radius 2 is 2.05 bits per heavy atom. The Balaban J connectivity index is 2.18. The summed E-state index contributed by atoms with van der Waals surface area (Å²) in [5.41, 5.74) is 0. The Hall–Kier alpha value is -1.44. The van der Waals surface area contributed by atoms with Gasteiger partial charge in [-0.25, -0.2) is 17.9 Å². The van der Waals surface area contributed by atoms with Gasteiger partial charge in [-0.2, -0.15) is 0 Å². The van der Waals surface area contributed by atoms with Crippen LogP contribution in [0.3, 0.4) is 0 Å². The van der Waals surface area contributed by atoms with Crippen molar-refractivity contribution in [2.24, 2.45) is 5.92 Å². The third-order valence-corrected chi connectivity index (χ3v) is 6.29. The Kier molecular flexibility index (Phi) is 3.07. The molecule has 20 heavy (non-hydrogen) atoms. The van der Waals surface area contributed by atoms with Crippen molar-refractivity contribution < 1.29 is 18.3 Å². The average molecular weight is 311 g/mol. The minimum absolute atomic E-state index is 0.0830. The Morgan fingerprint density at radius 3 is 2.65 bits per heavy atom. The van der Waals surface area contributed by atoms with Gasteiger partial charge in [0.05, 0.1) is 0 Å². The molecule has 7 heteroatoms. The second-order valence-corrected chi connectivity index (χ2v) is 7.71. The third kappa shape index (κ3) is 2.21. The van der Waals surface area contributed by atoms with Gasteiger partial charge in [-0.3, -0.25) is 0 Å². The SMILES string of the molecule is CC1CC1NS(=O)(=O)c1c(C(=O)O)sc2ccccc12. The van der Waals surface area contributed by atoms with Gasteiger partial charge in [-0.15, -0.1) is 11.3 Å². The van der Waals surface area contributed by atoms with Gasteiger partial charge < -0.3 is 5.11 Å². The van der Waals surface area contributed by atoms with Gasteiger partial charge >= 0.3 is 5.97 Å². The number of rotatable bonds is 4. The molecular formula is C13H13NO4S2. The number of hydrogen-bond donors (Lipinski definition) is 2. The van der Waals surface area contributed by atoms with Gasteiger partial charge in [0.15, 0.2) is 0 Å². The predicted octanol–water partition coefficient (Wildman–Crippen LogP) is 2.29. The van der Waals surface area contributed by atoms with Crippen LogP contribution in [0.1, 0.15) is 23.0 Å². The summed E-state index contributed by atoms with van der Waals surface area (Å²) < 4.78 is 28.2. The number of carboxylic acid groups (broad SMARTS) is 1. The van der Waals surface area contributed by atoms with E-state index in [4.69, 9.17) is 0 Å². The first-order chi connectivity index (χ1) is 9.40. The predicted molar refractivity (Wildman–Crippen MR) is 76.7 cm³/mol. The van der Waals surface area contributed by atoms with Gasteiger partial charge in [-0.1, -0.05) is 25.1 Å². The van der Waals surface area contributed by atoms with E-state index in [1.165, 1.54) is 0 Å². The van der Waals surface area contributed by atoms with Crippen LogP contribution in [0.4, 0.5) is 0 Å². The average Bonchev–Trinajstić information content (AvgIpc) is 2.92. The highest BCUT2D eigenvalue weighted by atomic mass is 32.2. The molecule has 2 aromatic rings. The summed E-state index contributed by atoms with van der Waals surface area (Å²) in [5, 5.41) is 9.72. The lowest BCUT2D eigenvalue weighted by molar-refractivity contribution is 0.0698. The Morgan fingerprint density at radius 1 is 1.40 bits per heavy atom. The number of sulfonamides is 1. The van der Waals surface area contributed by atoms with Crippen LogP contribution < -0.4 is 4.72 Å². The highest BCUT2D eigenvalue weighted by Gasteiger charge is 2.38. The van der Waals surface area contributed by atoms with E-state index in [2.05, 4.69) is 4.72 Å². The van der Waals surface area contributed by atoms with Crippen molar-refractivity contribution in [3.8, 4) is 0 Å². The number of hydrogen-bond acceptors (Lipinski definition) is 4. The van der Waals surface area contributed by atoms with Crippen molar-refractivity contribution in [2.75, 3.05) is 0 Å². The minimum Gasteiger partial charge on any atom is -0.477 e. The van der Waals surface area contributed by atoms with Crippen molar-refractivity contribution >= 4 is 37.4 Å². The minimum atomic E-state index is -3.81. The number of fused-ring (bicyclic) bond motifs is 1. The summed E-state index contributed by atoms with van der Waals surface area (Å²) in [7, 11) is -3.81. The lowest BCUT2D eigenvalue weighted by Crippen LogP contribution is -2.27. The van der Waals surface area contributed by atoms with Crippen LogP contribution in [0.2, 0.25) is 0 Å². The first-order valence-electron chi connectivity index (χ1n) is 6.17. The van der Waals surface area contributed by atoms with E-state index in [-0.39, 0.29) is 15.8 Å². The van der Waals surface area contributed by atoms with Crippen LogP contribution in [0.25, 0.3) is 10.1 Å². The molecule has 0 radical (unpaired) electrons. The normalized spacial score (nSPS) is 22.1. The number of nitrogens with one attached hydrogen (secondary N) is 1. The Bertz CT molecular complexity index is 794. The van der Waals surface area contributed by atoms with Crippen molar-refractivity contribution in [1.29, 1.82) is 0 Å². The zero-order valence-electron chi connectivity index (χ0n) is 10.7. The molecule has 0 saturated heterocycles. The van der Waals surface area contributed by atoms with Crippen LogP contribution in [0.15, 0.2) is 29.2 Å². The van der Waals surface area contributed by atoms with E-state index in [9.17, 15) is 18.3 Å². The van der Waals surface area contributed by atoms with Crippen molar-refractivity contribution in [2.45, 2.75) is 24.3 Å². The molecule has 1 aliphatic rings. The molecule has 0 amide bonds. The molecule has 1 heterocycles. The van der Waals surface area contributed by atoms with Gasteiger partial charge in [0.2, 0.25) is 10.0 Å².